The molecule has 0 bridgehead atoms. The zero-order valence-electron chi connectivity index (χ0n) is 16.4. The Morgan fingerprint density at radius 1 is 1.00 bits per heavy atom. The summed E-state index contributed by atoms with van der Waals surface area (Å²) in [4.78, 5) is 16.7. The van der Waals surface area contributed by atoms with Gasteiger partial charge in [-0.15, -0.1) is 5.10 Å². The van der Waals surface area contributed by atoms with Crippen molar-refractivity contribution in [3.05, 3.63) is 66.0 Å². The molecular weight excluding hydrogens is 368 g/mol. The number of benzene rings is 2. The van der Waals surface area contributed by atoms with Gasteiger partial charge in [0.25, 0.3) is 0 Å². The van der Waals surface area contributed by atoms with Crippen LogP contribution in [0.3, 0.4) is 0 Å². The van der Waals surface area contributed by atoms with Gasteiger partial charge in [-0.3, -0.25) is 4.79 Å². The first-order valence-electron chi connectivity index (χ1n) is 9.67. The van der Waals surface area contributed by atoms with Gasteiger partial charge in [0.1, 0.15) is 6.33 Å². The van der Waals surface area contributed by atoms with E-state index in [9.17, 15) is 4.79 Å². The zero-order valence-corrected chi connectivity index (χ0v) is 16.4. The molecule has 0 radical (unpaired) electrons. The van der Waals surface area contributed by atoms with Gasteiger partial charge < -0.3 is 14.5 Å². The lowest BCUT2D eigenvalue weighted by Crippen LogP contribution is -2.36. The van der Waals surface area contributed by atoms with Gasteiger partial charge in [0.2, 0.25) is 5.91 Å². The number of aromatic nitrogens is 4. The lowest BCUT2D eigenvalue weighted by molar-refractivity contribution is -0.129. The Kier molecular flexibility index (Phi) is 5.81. The van der Waals surface area contributed by atoms with Crippen molar-refractivity contribution >= 4 is 11.6 Å². The molecule has 1 aliphatic rings. The van der Waals surface area contributed by atoms with E-state index in [1.165, 1.54) is 12.0 Å². The van der Waals surface area contributed by atoms with Crippen LogP contribution >= 0.6 is 0 Å². The van der Waals surface area contributed by atoms with Crippen LogP contribution in [0.25, 0.3) is 5.69 Å². The van der Waals surface area contributed by atoms with Crippen molar-refractivity contribution in [2.24, 2.45) is 0 Å². The van der Waals surface area contributed by atoms with Crippen LogP contribution in [0.15, 0.2) is 54.9 Å². The van der Waals surface area contributed by atoms with Crippen LogP contribution in [0.2, 0.25) is 0 Å². The zero-order chi connectivity index (χ0) is 20.1. The van der Waals surface area contributed by atoms with Crippen molar-refractivity contribution < 1.29 is 9.53 Å². The average Bonchev–Trinajstić information content (AvgIpc) is 3.30. The fourth-order valence-electron chi connectivity index (χ4n) is 3.35. The number of ether oxygens (including phenoxy) is 1. The Hall–Kier alpha value is -3.26. The van der Waals surface area contributed by atoms with Crippen molar-refractivity contribution in [2.75, 3.05) is 38.3 Å². The van der Waals surface area contributed by atoms with Crippen molar-refractivity contribution in [3.63, 3.8) is 0 Å². The highest BCUT2D eigenvalue weighted by Gasteiger charge is 2.13. The fraction of sp³-hybridized carbons (Fsp3) is 0.333. The molecule has 0 unspecified atom stereocenters. The van der Waals surface area contributed by atoms with E-state index in [1.807, 2.05) is 31.3 Å². The molecule has 8 heteroatoms. The molecule has 0 spiro atoms. The van der Waals surface area contributed by atoms with Crippen molar-refractivity contribution in [1.82, 2.24) is 25.1 Å². The Morgan fingerprint density at radius 2 is 1.66 bits per heavy atom. The molecule has 0 N–H and O–H groups in total. The normalized spacial score (nSPS) is 14.0. The number of morpholine rings is 1. The number of rotatable bonds is 6. The van der Waals surface area contributed by atoms with Gasteiger partial charge in [0.15, 0.2) is 0 Å². The number of carbonyl (C=O) groups excluding carboxylic acids is 1. The third kappa shape index (κ3) is 4.78. The molecule has 0 atom stereocenters. The summed E-state index contributed by atoms with van der Waals surface area (Å²) in [6.45, 7) is 3.98. The molecule has 1 saturated heterocycles. The van der Waals surface area contributed by atoms with E-state index >= 15 is 0 Å². The third-order valence-electron chi connectivity index (χ3n) is 5.06. The van der Waals surface area contributed by atoms with Crippen LogP contribution in [0.4, 0.5) is 5.69 Å². The Balaban J connectivity index is 1.32. The summed E-state index contributed by atoms with van der Waals surface area (Å²) in [5.74, 6) is 0.0810. The highest BCUT2D eigenvalue weighted by Crippen LogP contribution is 2.18. The molecule has 1 amide bonds. The van der Waals surface area contributed by atoms with Crippen molar-refractivity contribution in [3.8, 4) is 5.69 Å². The van der Waals surface area contributed by atoms with E-state index in [4.69, 9.17) is 4.74 Å². The lowest BCUT2D eigenvalue weighted by atomic mass is 10.1. The molecular formula is C21H24N6O2. The van der Waals surface area contributed by atoms with Crippen LogP contribution in [0.1, 0.15) is 11.1 Å². The smallest absolute Gasteiger partial charge is 0.227 e. The van der Waals surface area contributed by atoms with Gasteiger partial charge >= 0.3 is 0 Å². The molecule has 4 rings (SSSR count). The van der Waals surface area contributed by atoms with Gasteiger partial charge in [-0.2, -0.15) is 0 Å². The van der Waals surface area contributed by atoms with E-state index in [-0.39, 0.29) is 5.91 Å². The largest absolute Gasteiger partial charge is 0.378 e. The Morgan fingerprint density at radius 3 is 2.31 bits per heavy atom. The number of tetrazole rings is 1. The second kappa shape index (κ2) is 8.83. The first-order chi connectivity index (χ1) is 14.2. The molecule has 8 nitrogen and oxygen atoms in total. The summed E-state index contributed by atoms with van der Waals surface area (Å²) in [5, 5.41) is 11.1. The number of likely N-dealkylation sites (N-methyl/N-ethyl adjacent to an activating group) is 1. The number of anilines is 1. The molecule has 29 heavy (non-hydrogen) atoms. The maximum atomic E-state index is 12.6. The quantitative estimate of drug-likeness (QED) is 0.636. The summed E-state index contributed by atoms with van der Waals surface area (Å²) in [7, 11) is 1.84. The van der Waals surface area contributed by atoms with Gasteiger partial charge in [0, 0.05) is 32.4 Å². The van der Waals surface area contributed by atoms with Crippen LogP contribution in [-0.4, -0.2) is 64.4 Å². The summed E-state index contributed by atoms with van der Waals surface area (Å²) in [5.41, 5.74) is 4.14. The van der Waals surface area contributed by atoms with E-state index in [0.717, 1.165) is 43.1 Å². The third-order valence-corrected chi connectivity index (χ3v) is 5.06. The monoisotopic (exact) mass is 392 g/mol. The van der Waals surface area contributed by atoms with E-state index in [0.29, 0.717) is 13.0 Å². The minimum atomic E-state index is 0.0810. The van der Waals surface area contributed by atoms with Crippen LogP contribution in [0.5, 0.6) is 0 Å². The van der Waals surface area contributed by atoms with Gasteiger partial charge in [-0.25, -0.2) is 4.68 Å². The second-order valence-corrected chi connectivity index (χ2v) is 7.11. The molecule has 2 aromatic carbocycles. The SMILES string of the molecule is CN(Cc1ccc(N2CCOCC2)cc1)C(=O)Cc1ccc(-n2cnnn2)cc1. The number of amides is 1. The summed E-state index contributed by atoms with van der Waals surface area (Å²) < 4.78 is 6.98. The van der Waals surface area contributed by atoms with Gasteiger partial charge in [-0.1, -0.05) is 24.3 Å². The highest BCUT2D eigenvalue weighted by atomic mass is 16.5. The standard InChI is InChI=1S/C21H24N6O2/c1-25(15-18-4-6-19(7-5-18)26-10-12-29-13-11-26)21(28)14-17-2-8-20(9-3-17)27-16-22-23-24-27/h2-9,16H,10-15H2,1H3. The summed E-state index contributed by atoms with van der Waals surface area (Å²) >= 11 is 0. The minimum Gasteiger partial charge on any atom is -0.378 e. The number of carbonyl (C=O) groups is 1. The topological polar surface area (TPSA) is 76.4 Å². The van der Waals surface area contributed by atoms with Crippen LogP contribution in [0, 0.1) is 0 Å². The van der Waals surface area contributed by atoms with E-state index < -0.39 is 0 Å². The number of nitrogens with zero attached hydrogens (tertiary/aromatic N) is 6. The maximum Gasteiger partial charge on any atom is 0.227 e. The lowest BCUT2D eigenvalue weighted by Gasteiger charge is -2.29. The molecule has 3 aromatic rings. The first-order valence-corrected chi connectivity index (χ1v) is 9.67. The average molecular weight is 392 g/mol. The summed E-state index contributed by atoms with van der Waals surface area (Å²) in [6, 6.07) is 16.1. The highest BCUT2D eigenvalue weighted by molar-refractivity contribution is 5.78. The number of hydrogen-bond donors (Lipinski definition) is 0. The van der Waals surface area contributed by atoms with Crippen molar-refractivity contribution in [1.29, 1.82) is 0 Å². The maximum absolute atomic E-state index is 12.6. The second-order valence-electron chi connectivity index (χ2n) is 7.11. The molecule has 2 heterocycles. The summed E-state index contributed by atoms with van der Waals surface area (Å²) in [6.07, 6.45) is 1.90. The Labute approximate surface area is 169 Å². The molecule has 1 fully saturated rings. The molecule has 1 aliphatic heterocycles. The Bertz CT molecular complexity index is 919. The minimum absolute atomic E-state index is 0.0810. The van der Waals surface area contributed by atoms with E-state index in [2.05, 4.69) is 44.7 Å². The van der Waals surface area contributed by atoms with E-state index in [1.54, 1.807) is 9.58 Å². The predicted octanol–water partition coefficient (Wildman–Crippen LogP) is 1.70. The van der Waals surface area contributed by atoms with Gasteiger partial charge in [-0.05, 0) is 45.8 Å². The molecule has 0 aliphatic carbocycles. The molecule has 1 aromatic heterocycles. The fourth-order valence-corrected chi connectivity index (χ4v) is 3.35. The first kappa shape index (κ1) is 19.1. The molecule has 150 valence electrons. The molecule has 0 saturated carbocycles. The van der Waals surface area contributed by atoms with Gasteiger partial charge in [0.05, 0.1) is 25.3 Å². The van der Waals surface area contributed by atoms with Crippen LogP contribution in [-0.2, 0) is 22.5 Å². The van der Waals surface area contributed by atoms with Crippen molar-refractivity contribution in [2.45, 2.75) is 13.0 Å². The predicted molar refractivity (Wildman–Crippen MR) is 109 cm³/mol. The number of hydrogen-bond acceptors (Lipinski definition) is 6. The van der Waals surface area contributed by atoms with Crippen LogP contribution < -0.4 is 4.90 Å².